The molecule has 1 N–H and O–H groups in total. The van der Waals surface area contributed by atoms with E-state index in [2.05, 4.69) is 34.5 Å². The van der Waals surface area contributed by atoms with Crippen LogP contribution in [0.15, 0.2) is 24.3 Å². The number of nitrogens with one attached hydrogen (secondary N) is 1. The van der Waals surface area contributed by atoms with Crippen molar-refractivity contribution in [2.45, 2.75) is 37.5 Å². The maximum Gasteiger partial charge on any atom is 0.237 e. The third kappa shape index (κ3) is 1.65. The van der Waals surface area contributed by atoms with Gasteiger partial charge in [0.2, 0.25) is 5.91 Å². The van der Waals surface area contributed by atoms with E-state index in [-0.39, 0.29) is 5.41 Å². The van der Waals surface area contributed by atoms with Gasteiger partial charge >= 0.3 is 0 Å². The van der Waals surface area contributed by atoms with E-state index in [1.807, 2.05) is 0 Å². The summed E-state index contributed by atoms with van der Waals surface area (Å²) in [4.78, 5) is 15.2. The van der Waals surface area contributed by atoms with E-state index < -0.39 is 0 Å². The number of anilines is 1. The molecule has 0 bridgehead atoms. The molecular weight excluding hydrogens is 248 g/mol. The van der Waals surface area contributed by atoms with Crippen LogP contribution in [-0.4, -0.2) is 25.5 Å². The molecule has 0 radical (unpaired) electrons. The maximum absolute atomic E-state index is 13.1. The summed E-state index contributed by atoms with van der Waals surface area (Å²) in [5, 5.41) is 3.39. The van der Waals surface area contributed by atoms with Gasteiger partial charge in [0.25, 0.3) is 0 Å². The van der Waals surface area contributed by atoms with Crippen molar-refractivity contribution in [1.29, 1.82) is 0 Å². The number of hydrogen-bond acceptors (Lipinski definition) is 2. The molecule has 20 heavy (non-hydrogen) atoms. The van der Waals surface area contributed by atoms with Gasteiger partial charge in [-0.15, -0.1) is 0 Å². The Hall–Kier alpha value is -1.35. The Morgan fingerprint density at radius 2 is 1.95 bits per heavy atom. The van der Waals surface area contributed by atoms with Crippen molar-refractivity contribution >= 4 is 11.6 Å². The summed E-state index contributed by atoms with van der Waals surface area (Å²) in [6, 6.07) is 8.48. The topological polar surface area (TPSA) is 32.3 Å². The van der Waals surface area contributed by atoms with Gasteiger partial charge in [-0.1, -0.05) is 24.6 Å². The Kier molecular flexibility index (Phi) is 2.84. The molecule has 3 heteroatoms. The number of carbonyl (C=O) groups excluding carboxylic acids is 1. The average molecular weight is 270 g/mol. The van der Waals surface area contributed by atoms with Crippen LogP contribution in [0.4, 0.5) is 5.69 Å². The molecule has 0 aromatic heterocycles. The van der Waals surface area contributed by atoms with E-state index >= 15 is 0 Å². The second kappa shape index (κ2) is 4.59. The Morgan fingerprint density at radius 1 is 1.20 bits per heavy atom. The highest BCUT2D eigenvalue weighted by molar-refractivity contribution is 6.08. The fourth-order valence-corrected chi connectivity index (χ4v) is 4.05. The number of hydrogen-bond donors (Lipinski definition) is 1. The summed E-state index contributed by atoms with van der Waals surface area (Å²) in [7, 11) is 0. The van der Waals surface area contributed by atoms with Crippen molar-refractivity contribution in [3.05, 3.63) is 29.8 Å². The number of piperidine rings is 1. The van der Waals surface area contributed by atoms with Crippen LogP contribution in [0.5, 0.6) is 0 Å². The fraction of sp³-hybridized carbons (Fsp3) is 0.588. The molecular formula is C17H22N2O. The van der Waals surface area contributed by atoms with Crippen LogP contribution in [0.3, 0.4) is 0 Å². The molecule has 1 aromatic rings. The lowest BCUT2D eigenvalue weighted by Gasteiger charge is -2.34. The Morgan fingerprint density at radius 3 is 2.65 bits per heavy atom. The van der Waals surface area contributed by atoms with Crippen molar-refractivity contribution in [3.63, 3.8) is 0 Å². The number of amides is 1. The second-order valence-electron chi connectivity index (χ2n) is 6.56. The van der Waals surface area contributed by atoms with Crippen molar-refractivity contribution in [2.24, 2.45) is 5.92 Å². The van der Waals surface area contributed by atoms with Gasteiger partial charge in [-0.05, 0) is 56.3 Å². The Balaban J connectivity index is 1.73. The number of benzene rings is 1. The molecule has 4 rings (SSSR count). The molecule has 3 nitrogen and oxygen atoms in total. The third-order valence-corrected chi connectivity index (χ3v) is 5.49. The fourth-order valence-electron chi connectivity index (χ4n) is 4.05. The summed E-state index contributed by atoms with van der Waals surface area (Å²) in [6.07, 6.45) is 5.82. The van der Waals surface area contributed by atoms with Crippen LogP contribution in [0.1, 0.15) is 37.7 Å². The molecule has 2 heterocycles. The lowest BCUT2D eigenvalue weighted by molar-refractivity contribution is -0.124. The first kappa shape index (κ1) is 12.4. The number of para-hydroxylation sites is 1. The molecule has 2 fully saturated rings. The zero-order valence-electron chi connectivity index (χ0n) is 11.9. The quantitative estimate of drug-likeness (QED) is 0.895. The number of nitrogens with zero attached hydrogens (tertiary/aromatic N) is 1. The second-order valence-corrected chi connectivity index (χ2v) is 6.56. The molecule has 1 aromatic carbocycles. The largest absolute Gasteiger partial charge is 0.317 e. The predicted molar refractivity (Wildman–Crippen MR) is 79.9 cm³/mol. The standard InChI is InChI=1S/C17H22N2O/c20-16-17(8-10-18-11-9-17)14-6-1-2-7-15(14)19(16)12-13-4-3-5-13/h1-2,6-7,13,18H,3-5,8-12H2. The van der Waals surface area contributed by atoms with Crippen LogP contribution in [0.2, 0.25) is 0 Å². The molecule has 1 spiro atoms. The molecule has 1 amide bonds. The lowest BCUT2D eigenvalue weighted by atomic mass is 9.74. The maximum atomic E-state index is 13.1. The van der Waals surface area contributed by atoms with Gasteiger partial charge < -0.3 is 10.2 Å². The van der Waals surface area contributed by atoms with Gasteiger partial charge in [-0.25, -0.2) is 0 Å². The summed E-state index contributed by atoms with van der Waals surface area (Å²) >= 11 is 0. The van der Waals surface area contributed by atoms with Crippen LogP contribution < -0.4 is 10.2 Å². The van der Waals surface area contributed by atoms with E-state index in [0.717, 1.165) is 38.4 Å². The van der Waals surface area contributed by atoms with Crippen molar-refractivity contribution in [2.75, 3.05) is 24.5 Å². The molecule has 3 aliphatic rings. The molecule has 1 saturated heterocycles. The van der Waals surface area contributed by atoms with Gasteiger partial charge in [0.15, 0.2) is 0 Å². The summed E-state index contributed by atoms with van der Waals surface area (Å²) in [5.74, 6) is 1.09. The Bertz CT molecular complexity index is 530. The first-order chi connectivity index (χ1) is 9.81. The van der Waals surface area contributed by atoms with Crippen molar-refractivity contribution < 1.29 is 4.79 Å². The smallest absolute Gasteiger partial charge is 0.237 e. The van der Waals surface area contributed by atoms with Crippen LogP contribution in [-0.2, 0) is 10.2 Å². The van der Waals surface area contributed by atoms with Gasteiger partial charge in [0.1, 0.15) is 0 Å². The highest BCUT2D eigenvalue weighted by atomic mass is 16.2. The van der Waals surface area contributed by atoms with E-state index in [4.69, 9.17) is 0 Å². The first-order valence-corrected chi connectivity index (χ1v) is 7.93. The molecule has 0 atom stereocenters. The lowest BCUT2D eigenvalue weighted by Crippen LogP contribution is -2.48. The monoisotopic (exact) mass is 270 g/mol. The Labute approximate surface area is 120 Å². The minimum atomic E-state index is -0.231. The van der Waals surface area contributed by atoms with Crippen LogP contribution in [0, 0.1) is 5.92 Å². The van der Waals surface area contributed by atoms with E-state index in [1.54, 1.807) is 0 Å². The third-order valence-electron chi connectivity index (χ3n) is 5.49. The zero-order valence-corrected chi connectivity index (χ0v) is 11.9. The van der Waals surface area contributed by atoms with Crippen LogP contribution >= 0.6 is 0 Å². The van der Waals surface area contributed by atoms with E-state index in [1.165, 1.54) is 30.5 Å². The molecule has 2 aliphatic heterocycles. The highest BCUT2D eigenvalue weighted by Gasteiger charge is 2.51. The van der Waals surface area contributed by atoms with E-state index in [0.29, 0.717) is 5.91 Å². The predicted octanol–water partition coefficient (Wildman–Crippen LogP) is 2.45. The van der Waals surface area contributed by atoms with Crippen LogP contribution in [0.25, 0.3) is 0 Å². The first-order valence-electron chi connectivity index (χ1n) is 7.93. The minimum Gasteiger partial charge on any atom is -0.317 e. The molecule has 0 unspecified atom stereocenters. The highest BCUT2D eigenvalue weighted by Crippen LogP contribution is 2.47. The normalized spacial score (nSPS) is 24.8. The zero-order chi connectivity index (χ0) is 13.6. The van der Waals surface area contributed by atoms with Gasteiger partial charge in [-0.2, -0.15) is 0 Å². The van der Waals surface area contributed by atoms with Crippen molar-refractivity contribution in [3.8, 4) is 0 Å². The van der Waals surface area contributed by atoms with Gasteiger partial charge in [-0.3, -0.25) is 4.79 Å². The van der Waals surface area contributed by atoms with Crippen molar-refractivity contribution in [1.82, 2.24) is 5.32 Å². The molecule has 1 saturated carbocycles. The summed E-state index contributed by atoms with van der Waals surface area (Å²) in [5.41, 5.74) is 2.24. The SMILES string of the molecule is O=C1N(CC2CCC2)c2ccccc2C12CCNCC2. The number of rotatable bonds is 2. The molecule has 106 valence electrons. The van der Waals surface area contributed by atoms with Gasteiger partial charge in [0, 0.05) is 12.2 Å². The summed E-state index contributed by atoms with van der Waals surface area (Å²) < 4.78 is 0. The summed E-state index contributed by atoms with van der Waals surface area (Å²) in [6.45, 7) is 2.85. The minimum absolute atomic E-state index is 0.231. The average Bonchev–Trinajstić information content (AvgIpc) is 2.66. The molecule has 1 aliphatic carbocycles. The van der Waals surface area contributed by atoms with E-state index in [9.17, 15) is 4.79 Å². The van der Waals surface area contributed by atoms with Gasteiger partial charge in [0.05, 0.1) is 5.41 Å². The number of fused-ring (bicyclic) bond motifs is 2. The number of carbonyl (C=O) groups is 1.